The Bertz CT molecular complexity index is 374. The highest BCUT2D eigenvalue weighted by Crippen LogP contribution is 2.55. The van der Waals surface area contributed by atoms with Crippen molar-refractivity contribution < 1.29 is 0 Å². The van der Waals surface area contributed by atoms with E-state index in [0.717, 1.165) is 30.7 Å². The zero-order valence-electron chi connectivity index (χ0n) is 13.8. The molecule has 4 fully saturated rings. The van der Waals surface area contributed by atoms with Crippen molar-refractivity contribution in [3.05, 3.63) is 0 Å². The summed E-state index contributed by atoms with van der Waals surface area (Å²) >= 11 is 0. The van der Waals surface area contributed by atoms with Crippen LogP contribution in [0.15, 0.2) is 0 Å². The zero-order chi connectivity index (χ0) is 15.1. The minimum atomic E-state index is -0.168. The van der Waals surface area contributed by atoms with Gasteiger partial charge in [-0.1, -0.05) is 26.7 Å². The van der Waals surface area contributed by atoms with Gasteiger partial charge in [0.2, 0.25) is 0 Å². The van der Waals surface area contributed by atoms with Crippen molar-refractivity contribution in [1.29, 1.82) is 0 Å². The van der Waals surface area contributed by atoms with Gasteiger partial charge >= 0.3 is 0 Å². The number of fused-ring (bicyclic) bond motifs is 5. The van der Waals surface area contributed by atoms with Crippen molar-refractivity contribution in [3.63, 3.8) is 0 Å². The highest BCUT2D eigenvalue weighted by atomic mass is 15.5. The SMILES string of the molecule is CC.NC12CCC3C(CCC4CCCCC43N)C1CNN2. The molecule has 122 valence electrons. The molecule has 0 radical (unpaired) electrons. The monoisotopic (exact) mass is 294 g/mol. The van der Waals surface area contributed by atoms with Gasteiger partial charge in [0.05, 0.1) is 5.66 Å². The van der Waals surface area contributed by atoms with Crippen molar-refractivity contribution in [3.8, 4) is 0 Å². The van der Waals surface area contributed by atoms with Crippen LogP contribution in [0.5, 0.6) is 0 Å². The van der Waals surface area contributed by atoms with Gasteiger partial charge in [-0.25, -0.2) is 5.43 Å². The lowest BCUT2D eigenvalue weighted by Gasteiger charge is -2.58. The molecule has 4 nitrogen and oxygen atoms in total. The van der Waals surface area contributed by atoms with Gasteiger partial charge in [0.1, 0.15) is 0 Å². The second kappa shape index (κ2) is 5.80. The predicted molar refractivity (Wildman–Crippen MR) is 87.2 cm³/mol. The van der Waals surface area contributed by atoms with Crippen LogP contribution in [0, 0.1) is 23.7 Å². The average Bonchev–Trinajstić information content (AvgIpc) is 2.90. The molecule has 4 heteroatoms. The second-order valence-electron chi connectivity index (χ2n) is 7.59. The molecule has 0 aromatic heterocycles. The summed E-state index contributed by atoms with van der Waals surface area (Å²) < 4.78 is 0. The fourth-order valence-corrected chi connectivity index (χ4v) is 5.93. The second-order valence-corrected chi connectivity index (χ2v) is 7.59. The van der Waals surface area contributed by atoms with Gasteiger partial charge in [-0.15, -0.1) is 0 Å². The molecule has 4 rings (SSSR count). The molecule has 3 aliphatic carbocycles. The van der Waals surface area contributed by atoms with Crippen LogP contribution in [-0.2, 0) is 0 Å². The molecule has 21 heavy (non-hydrogen) atoms. The molecule has 0 bridgehead atoms. The van der Waals surface area contributed by atoms with Crippen LogP contribution in [0.1, 0.15) is 65.2 Å². The molecule has 4 aliphatic rings. The van der Waals surface area contributed by atoms with Gasteiger partial charge in [0.15, 0.2) is 0 Å². The molecule has 6 unspecified atom stereocenters. The summed E-state index contributed by atoms with van der Waals surface area (Å²) in [6.45, 7) is 5.03. The van der Waals surface area contributed by atoms with Gasteiger partial charge in [-0.05, 0) is 56.3 Å². The van der Waals surface area contributed by atoms with Gasteiger partial charge in [-0.2, -0.15) is 0 Å². The van der Waals surface area contributed by atoms with Crippen molar-refractivity contribution in [1.82, 2.24) is 10.9 Å². The number of hydrazine groups is 1. The Morgan fingerprint density at radius 2 is 1.71 bits per heavy atom. The zero-order valence-corrected chi connectivity index (χ0v) is 13.8. The van der Waals surface area contributed by atoms with E-state index in [4.69, 9.17) is 11.5 Å². The Balaban J connectivity index is 0.000000636. The van der Waals surface area contributed by atoms with Crippen molar-refractivity contribution >= 4 is 0 Å². The Kier molecular flexibility index (Phi) is 4.34. The van der Waals surface area contributed by atoms with Gasteiger partial charge < -0.3 is 11.5 Å². The summed E-state index contributed by atoms with van der Waals surface area (Å²) in [7, 11) is 0. The first kappa shape index (κ1) is 15.7. The largest absolute Gasteiger partial charge is 0.325 e. The summed E-state index contributed by atoms with van der Waals surface area (Å²) in [5.41, 5.74) is 20.1. The number of hydrogen-bond acceptors (Lipinski definition) is 4. The highest BCUT2D eigenvalue weighted by molar-refractivity contribution is 5.12. The molecule has 0 aromatic rings. The maximum absolute atomic E-state index is 6.96. The molecule has 6 atom stereocenters. The lowest BCUT2D eigenvalue weighted by molar-refractivity contribution is -0.0459. The first-order chi connectivity index (χ1) is 10.1. The molecular weight excluding hydrogens is 260 g/mol. The maximum atomic E-state index is 6.96. The van der Waals surface area contributed by atoms with Crippen LogP contribution in [0.25, 0.3) is 0 Å². The van der Waals surface area contributed by atoms with E-state index in [9.17, 15) is 0 Å². The van der Waals surface area contributed by atoms with Crippen LogP contribution in [0.2, 0.25) is 0 Å². The molecular formula is C17H34N4. The topological polar surface area (TPSA) is 76.1 Å². The van der Waals surface area contributed by atoms with Gasteiger partial charge in [-0.3, -0.25) is 5.43 Å². The van der Waals surface area contributed by atoms with Gasteiger partial charge in [0, 0.05) is 18.0 Å². The normalized spacial score (nSPS) is 52.0. The smallest absolute Gasteiger partial charge is 0.0836 e. The first-order valence-corrected chi connectivity index (χ1v) is 9.21. The fourth-order valence-electron chi connectivity index (χ4n) is 5.93. The molecule has 0 amide bonds. The Morgan fingerprint density at radius 3 is 2.52 bits per heavy atom. The third-order valence-electron chi connectivity index (χ3n) is 6.92. The van der Waals surface area contributed by atoms with Crippen LogP contribution in [0.3, 0.4) is 0 Å². The molecule has 1 saturated heterocycles. The Morgan fingerprint density at radius 1 is 0.905 bits per heavy atom. The summed E-state index contributed by atoms with van der Waals surface area (Å²) in [4.78, 5) is 0. The van der Waals surface area contributed by atoms with E-state index in [2.05, 4.69) is 10.9 Å². The lowest BCUT2D eigenvalue weighted by Crippen LogP contribution is -2.67. The van der Waals surface area contributed by atoms with E-state index < -0.39 is 0 Å². The average molecular weight is 294 g/mol. The van der Waals surface area contributed by atoms with Gasteiger partial charge in [0.25, 0.3) is 0 Å². The summed E-state index contributed by atoms with van der Waals surface area (Å²) in [5, 5.41) is 0. The van der Waals surface area contributed by atoms with Crippen molar-refractivity contribution in [2.45, 2.75) is 76.4 Å². The number of nitrogens with two attached hydrogens (primary N) is 2. The van der Waals surface area contributed by atoms with Crippen LogP contribution in [-0.4, -0.2) is 17.7 Å². The maximum Gasteiger partial charge on any atom is 0.0836 e. The summed E-state index contributed by atoms with van der Waals surface area (Å²) in [5.74, 6) is 2.82. The van der Waals surface area contributed by atoms with Crippen LogP contribution in [0.4, 0.5) is 0 Å². The van der Waals surface area contributed by atoms with E-state index in [1.165, 1.54) is 44.9 Å². The third kappa shape index (κ3) is 2.35. The summed E-state index contributed by atoms with van der Waals surface area (Å²) in [6.07, 6.45) is 10.3. The van der Waals surface area contributed by atoms with E-state index >= 15 is 0 Å². The fraction of sp³-hybridized carbons (Fsp3) is 1.00. The van der Waals surface area contributed by atoms with Crippen molar-refractivity contribution in [2.75, 3.05) is 6.54 Å². The van der Waals surface area contributed by atoms with E-state index in [1.807, 2.05) is 13.8 Å². The standard InChI is InChI=1S/C15H28N4.C2H6/c16-14-7-2-1-3-10(14)4-5-11-12(14)6-8-15(17)13(11)9-18-19-15;1-2/h10-13,18-19H,1-9,16-17H2;1-2H3. The number of rotatable bonds is 0. The third-order valence-corrected chi connectivity index (χ3v) is 6.92. The van der Waals surface area contributed by atoms with E-state index in [-0.39, 0.29) is 11.2 Å². The molecule has 1 aliphatic heterocycles. The number of nitrogens with one attached hydrogen (secondary N) is 2. The van der Waals surface area contributed by atoms with E-state index in [1.54, 1.807) is 0 Å². The minimum Gasteiger partial charge on any atom is -0.325 e. The first-order valence-electron chi connectivity index (χ1n) is 9.21. The highest BCUT2D eigenvalue weighted by Gasteiger charge is 2.58. The quantitative estimate of drug-likeness (QED) is 0.552. The Labute approximate surface area is 129 Å². The van der Waals surface area contributed by atoms with Crippen LogP contribution >= 0.6 is 0 Å². The molecule has 3 saturated carbocycles. The molecule has 0 spiro atoms. The minimum absolute atomic E-state index is 0.130. The van der Waals surface area contributed by atoms with Crippen LogP contribution < -0.4 is 22.3 Å². The number of hydrogen-bond donors (Lipinski definition) is 4. The Hall–Kier alpha value is -0.160. The lowest BCUT2D eigenvalue weighted by atomic mass is 9.50. The molecule has 6 N–H and O–H groups in total. The molecule has 0 aromatic carbocycles. The van der Waals surface area contributed by atoms with Crippen molar-refractivity contribution in [2.24, 2.45) is 35.1 Å². The predicted octanol–water partition coefficient (Wildman–Crippen LogP) is 2.10. The molecule has 1 heterocycles. The summed E-state index contributed by atoms with van der Waals surface area (Å²) in [6, 6.07) is 0. The van der Waals surface area contributed by atoms with E-state index in [0.29, 0.717) is 5.92 Å².